The molecule has 0 heterocycles. The Hall–Kier alpha value is -3.40. The Morgan fingerprint density at radius 3 is 2.10 bits per heavy atom. The van der Waals surface area contributed by atoms with Gasteiger partial charge in [-0.25, -0.2) is 9.59 Å². The average molecular weight is 691 g/mol. The van der Waals surface area contributed by atoms with Crippen LogP contribution in [0.25, 0.3) is 0 Å². The molecule has 2 bridgehead atoms. The van der Waals surface area contributed by atoms with E-state index >= 15 is 0 Å². The van der Waals surface area contributed by atoms with Crippen molar-refractivity contribution >= 4 is 11.9 Å². The van der Waals surface area contributed by atoms with E-state index in [0.717, 1.165) is 37.2 Å². The summed E-state index contributed by atoms with van der Waals surface area (Å²) >= 11 is 0. The molecule has 4 heteroatoms. The molecule has 3 aromatic rings. The fraction of sp³-hybridized carbons (Fsp3) is 0.574. The molecule has 0 aromatic heterocycles. The third kappa shape index (κ3) is 8.64. The van der Waals surface area contributed by atoms with E-state index in [9.17, 15) is 9.59 Å². The summed E-state index contributed by atoms with van der Waals surface area (Å²) in [7, 11) is 0. The van der Waals surface area contributed by atoms with Crippen molar-refractivity contribution in [2.24, 2.45) is 5.92 Å². The van der Waals surface area contributed by atoms with Crippen LogP contribution in [0.2, 0.25) is 0 Å². The molecule has 0 saturated heterocycles. The summed E-state index contributed by atoms with van der Waals surface area (Å²) in [5, 5.41) is 0. The fourth-order valence-corrected chi connectivity index (χ4v) is 9.72. The van der Waals surface area contributed by atoms with Gasteiger partial charge < -0.3 is 9.47 Å². The highest BCUT2D eigenvalue weighted by molar-refractivity contribution is 5.96. The van der Waals surface area contributed by atoms with Crippen LogP contribution >= 0.6 is 0 Å². The molecule has 2 unspecified atom stereocenters. The molecule has 4 aliphatic rings. The molecule has 0 aliphatic heterocycles. The van der Waals surface area contributed by atoms with E-state index in [1.807, 2.05) is 19.9 Å². The van der Waals surface area contributed by atoms with Crippen molar-refractivity contribution in [3.63, 3.8) is 0 Å². The van der Waals surface area contributed by atoms with Crippen molar-refractivity contribution in [2.75, 3.05) is 0 Å². The highest BCUT2D eigenvalue weighted by Gasteiger charge is 2.36. The average Bonchev–Trinajstić information content (AvgIpc) is 3.22. The van der Waals surface area contributed by atoms with Gasteiger partial charge >= 0.3 is 11.9 Å². The van der Waals surface area contributed by atoms with E-state index in [1.54, 1.807) is 35.4 Å². The molecule has 2 atom stereocenters. The second-order valence-corrected chi connectivity index (χ2v) is 17.1. The smallest absolute Gasteiger partial charge is 0.343 e. The van der Waals surface area contributed by atoms with Crippen molar-refractivity contribution in [3.05, 3.63) is 99.6 Å². The molecule has 51 heavy (non-hydrogen) atoms. The number of rotatable bonds is 11. The van der Waals surface area contributed by atoms with Crippen LogP contribution in [0.5, 0.6) is 5.75 Å². The van der Waals surface area contributed by atoms with Gasteiger partial charge in [0, 0.05) is 5.92 Å². The van der Waals surface area contributed by atoms with Gasteiger partial charge in [-0.15, -0.1) is 0 Å². The van der Waals surface area contributed by atoms with Crippen LogP contribution in [-0.2, 0) is 10.2 Å². The molecule has 2 saturated carbocycles. The zero-order valence-corrected chi connectivity index (χ0v) is 32.3. The van der Waals surface area contributed by atoms with Crippen molar-refractivity contribution in [3.8, 4) is 5.75 Å². The summed E-state index contributed by atoms with van der Waals surface area (Å²) < 4.78 is 12.0. The number of carbonyl (C=O) groups is 2. The third-order valence-electron chi connectivity index (χ3n) is 12.8. The van der Waals surface area contributed by atoms with E-state index in [4.69, 9.17) is 9.47 Å². The Morgan fingerprint density at radius 1 is 0.765 bits per heavy atom. The largest absolute Gasteiger partial charge is 0.456 e. The van der Waals surface area contributed by atoms with Gasteiger partial charge in [0.25, 0.3) is 0 Å². The Bertz CT molecular complexity index is 1670. The van der Waals surface area contributed by atoms with Crippen LogP contribution < -0.4 is 4.74 Å². The SMILES string of the molecule is CCCC(C)(C)OC(=O)c1cccc(C(=O)Oc2ccc(C(C)c3ccc4c(c3)C3CCC(CC3)CCC4(C)CCC)cc2C2CCCCC2)c1. The lowest BCUT2D eigenvalue weighted by Crippen LogP contribution is -2.28. The van der Waals surface area contributed by atoms with Gasteiger partial charge in [-0.1, -0.05) is 96.2 Å². The molecule has 0 spiro atoms. The van der Waals surface area contributed by atoms with E-state index in [2.05, 4.69) is 58.0 Å². The van der Waals surface area contributed by atoms with E-state index in [-0.39, 0.29) is 11.3 Å². The zero-order chi connectivity index (χ0) is 36.2. The van der Waals surface area contributed by atoms with Gasteiger partial charge in [-0.2, -0.15) is 0 Å². The van der Waals surface area contributed by atoms with Crippen LogP contribution in [-0.4, -0.2) is 17.5 Å². The highest BCUT2D eigenvalue weighted by atomic mass is 16.6. The lowest BCUT2D eigenvalue weighted by molar-refractivity contribution is -0.00473. The first kappa shape index (κ1) is 37.4. The summed E-state index contributed by atoms with van der Waals surface area (Å²) in [6, 6.07) is 20.8. The minimum atomic E-state index is -0.567. The number of hydrogen-bond acceptors (Lipinski definition) is 4. The Kier molecular flexibility index (Phi) is 11.8. The van der Waals surface area contributed by atoms with Crippen LogP contribution in [0.3, 0.4) is 0 Å². The van der Waals surface area contributed by atoms with Crippen molar-refractivity contribution in [2.45, 2.75) is 167 Å². The predicted molar refractivity (Wildman–Crippen MR) is 208 cm³/mol. The van der Waals surface area contributed by atoms with Gasteiger partial charge in [0.2, 0.25) is 0 Å². The molecule has 4 aliphatic carbocycles. The first-order chi connectivity index (χ1) is 24.5. The van der Waals surface area contributed by atoms with E-state index in [0.29, 0.717) is 28.7 Å². The molecule has 274 valence electrons. The Labute approximate surface area is 308 Å². The van der Waals surface area contributed by atoms with Crippen LogP contribution in [0.4, 0.5) is 0 Å². The first-order valence-electron chi connectivity index (χ1n) is 20.3. The quantitative estimate of drug-likeness (QED) is 0.148. The normalized spacial score (nSPS) is 23.0. The molecular formula is C47H62O4. The molecule has 3 aromatic carbocycles. The summed E-state index contributed by atoms with van der Waals surface area (Å²) in [5.41, 5.74) is 7.43. The Morgan fingerprint density at radius 2 is 1.41 bits per heavy atom. The lowest BCUT2D eigenvalue weighted by atomic mass is 9.71. The Balaban J connectivity index is 1.28. The maximum absolute atomic E-state index is 13.7. The summed E-state index contributed by atoms with van der Waals surface area (Å²) in [6.45, 7) is 13.1. The number of ether oxygens (including phenoxy) is 2. The predicted octanol–water partition coefficient (Wildman–Crippen LogP) is 13.0. The first-order valence-corrected chi connectivity index (χ1v) is 20.3. The number of fused-ring (bicyclic) bond motifs is 4. The minimum Gasteiger partial charge on any atom is -0.456 e. The van der Waals surface area contributed by atoms with Crippen LogP contribution in [0, 0.1) is 5.92 Å². The van der Waals surface area contributed by atoms with Crippen molar-refractivity contribution in [1.82, 2.24) is 0 Å². The topological polar surface area (TPSA) is 52.6 Å². The molecule has 7 rings (SSSR count). The van der Waals surface area contributed by atoms with Gasteiger partial charge in [-0.05, 0) is 153 Å². The maximum Gasteiger partial charge on any atom is 0.343 e. The summed E-state index contributed by atoms with van der Waals surface area (Å²) in [5.74, 6) is 1.93. The van der Waals surface area contributed by atoms with Crippen LogP contribution in [0.15, 0.2) is 60.7 Å². The lowest BCUT2D eigenvalue weighted by Gasteiger charge is -2.34. The molecule has 2 fully saturated rings. The van der Waals surface area contributed by atoms with E-state index in [1.165, 1.54) is 81.8 Å². The second-order valence-electron chi connectivity index (χ2n) is 17.1. The number of benzene rings is 3. The molecule has 0 amide bonds. The van der Waals surface area contributed by atoms with Crippen molar-refractivity contribution < 1.29 is 19.1 Å². The monoisotopic (exact) mass is 690 g/mol. The third-order valence-corrected chi connectivity index (χ3v) is 12.8. The minimum absolute atomic E-state index is 0.225. The van der Waals surface area contributed by atoms with Gasteiger partial charge in [-0.3, -0.25) is 0 Å². The van der Waals surface area contributed by atoms with E-state index < -0.39 is 17.5 Å². The van der Waals surface area contributed by atoms with Crippen molar-refractivity contribution in [1.29, 1.82) is 0 Å². The standard InChI is InChI=1S/C47H62O4/c1-7-26-46(4,5)51-45(49)39-16-12-15-38(29-39)44(48)50-43-24-22-37(31-41(43)34-13-10-9-11-14-34)32(3)36-21-23-42-40(30-36)35-19-17-33(18-20-35)25-28-47(42,6)27-8-2/h12,15-16,21-24,29-35H,7-11,13-14,17-20,25-28H2,1-6H3. The summed E-state index contributed by atoms with van der Waals surface area (Å²) in [6.07, 6.45) is 18.1. The number of hydrogen-bond donors (Lipinski definition) is 0. The van der Waals surface area contributed by atoms with Gasteiger partial charge in [0.1, 0.15) is 11.4 Å². The highest BCUT2D eigenvalue weighted by Crippen LogP contribution is 2.49. The van der Waals surface area contributed by atoms with Crippen LogP contribution in [0.1, 0.15) is 204 Å². The molecule has 4 nitrogen and oxygen atoms in total. The van der Waals surface area contributed by atoms with Gasteiger partial charge in [0.05, 0.1) is 11.1 Å². The number of esters is 2. The fourth-order valence-electron chi connectivity index (χ4n) is 9.72. The number of carbonyl (C=O) groups excluding carboxylic acids is 2. The zero-order valence-electron chi connectivity index (χ0n) is 32.3. The maximum atomic E-state index is 13.7. The molecule has 0 N–H and O–H groups in total. The molecule has 0 radical (unpaired) electrons. The summed E-state index contributed by atoms with van der Waals surface area (Å²) in [4.78, 5) is 26.7. The second kappa shape index (κ2) is 16.1. The van der Waals surface area contributed by atoms with Gasteiger partial charge in [0.15, 0.2) is 0 Å². The molecular weight excluding hydrogens is 629 g/mol.